The van der Waals surface area contributed by atoms with Gasteiger partial charge in [0.25, 0.3) is 0 Å². The van der Waals surface area contributed by atoms with Gasteiger partial charge in [0.15, 0.2) is 0 Å². The average molecular weight is 279 g/mol. The highest BCUT2D eigenvalue weighted by Crippen LogP contribution is 2.37. The standard InChI is InChI=1S/C16H23ClN2/c1-18-16(14-4-2-3-5-15(14)17)8-9-19-11-12-6-7-13(19)10-12/h2-5,12-13,16,18H,6-11H2,1H3. The van der Waals surface area contributed by atoms with Crippen LogP contribution in [0.15, 0.2) is 24.3 Å². The first kappa shape index (κ1) is 13.4. The third-order valence-electron chi connectivity index (χ3n) is 4.86. The van der Waals surface area contributed by atoms with E-state index in [1.807, 2.05) is 19.2 Å². The molecule has 2 nitrogen and oxygen atoms in total. The molecule has 3 heteroatoms. The number of hydrogen-bond donors (Lipinski definition) is 1. The fourth-order valence-corrected chi connectivity index (χ4v) is 4.08. The molecule has 1 saturated heterocycles. The first-order valence-electron chi connectivity index (χ1n) is 7.43. The summed E-state index contributed by atoms with van der Waals surface area (Å²) < 4.78 is 0. The number of piperidine rings is 1. The van der Waals surface area contributed by atoms with Crippen molar-refractivity contribution in [2.75, 3.05) is 20.1 Å². The Labute approximate surface area is 121 Å². The molecule has 104 valence electrons. The zero-order valence-corrected chi connectivity index (χ0v) is 12.4. The van der Waals surface area contributed by atoms with E-state index in [4.69, 9.17) is 11.6 Å². The lowest BCUT2D eigenvalue weighted by atomic mass is 10.0. The van der Waals surface area contributed by atoms with E-state index in [-0.39, 0.29) is 0 Å². The van der Waals surface area contributed by atoms with Gasteiger partial charge in [-0.3, -0.25) is 0 Å². The third-order valence-corrected chi connectivity index (χ3v) is 5.20. The van der Waals surface area contributed by atoms with Gasteiger partial charge >= 0.3 is 0 Å². The van der Waals surface area contributed by atoms with Crippen molar-refractivity contribution in [1.82, 2.24) is 10.2 Å². The second kappa shape index (κ2) is 5.82. The van der Waals surface area contributed by atoms with E-state index < -0.39 is 0 Å². The fraction of sp³-hybridized carbons (Fsp3) is 0.625. The summed E-state index contributed by atoms with van der Waals surface area (Å²) in [6.07, 6.45) is 5.46. The molecular weight excluding hydrogens is 256 g/mol. The van der Waals surface area contributed by atoms with Gasteiger partial charge in [-0.2, -0.15) is 0 Å². The van der Waals surface area contributed by atoms with Crippen LogP contribution < -0.4 is 5.32 Å². The second-order valence-electron chi connectivity index (χ2n) is 5.98. The minimum absolute atomic E-state index is 0.368. The van der Waals surface area contributed by atoms with Gasteiger partial charge in [-0.15, -0.1) is 0 Å². The summed E-state index contributed by atoms with van der Waals surface area (Å²) in [7, 11) is 2.03. The predicted molar refractivity (Wildman–Crippen MR) is 80.6 cm³/mol. The van der Waals surface area contributed by atoms with Crippen LogP contribution in [-0.4, -0.2) is 31.1 Å². The SMILES string of the molecule is CNC(CCN1CC2CCC1C2)c1ccccc1Cl. The summed E-state index contributed by atoms with van der Waals surface area (Å²) in [5.74, 6) is 0.985. The molecule has 2 bridgehead atoms. The molecule has 1 aliphatic heterocycles. The Morgan fingerprint density at radius 2 is 2.21 bits per heavy atom. The van der Waals surface area contributed by atoms with Crippen molar-refractivity contribution in [3.05, 3.63) is 34.9 Å². The van der Waals surface area contributed by atoms with Gasteiger partial charge in [0.1, 0.15) is 0 Å². The highest BCUT2D eigenvalue weighted by molar-refractivity contribution is 6.31. The minimum atomic E-state index is 0.368. The quantitative estimate of drug-likeness (QED) is 0.887. The molecule has 1 saturated carbocycles. The molecule has 19 heavy (non-hydrogen) atoms. The van der Waals surface area contributed by atoms with Crippen LogP contribution in [0.1, 0.15) is 37.3 Å². The number of benzene rings is 1. The summed E-state index contributed by atoms with van der Waals surface area (Å²) in [5.41, 5.74) is 1.23. The van der Waals surface area contributed by atoms with Gasteiger partial charge in [0.2, 0.25) is 0 Å². The Hall–Kier alpha value is -0.570. The Bertz CT molecular complexity index is 435. The molecule has 1 aliphatic carbocycles. The van der Waals surface area contributed by atoms with Gasteiger partial charge < -0.3 is 10.2 Å². The molecule has 0 amide bonds. The Morgan fingerprint density at radius 1 is 1.37 bits per heavy atom. The summed E-state index contributed by atoms with van der Waals surface area (Å²) in [4.78, 5) is 2.69. The first-order chi connectivity index (χ1) is 9.28. The van der Waals surface area contributed by atoms with E-state index in [1.165, 1.54) is 37.9 Å². The van der Waals surface area contributed by atoms with E-state index in [0.29, 0.717) is 6.04 Å². The molecule has 1 aromatic rings. The van der Waals surface area contributed by atoms with Crippen molar-refractivity contribution < 1.29 is 0 Å². The van der Waals surface area contributed by atoms with Gasteiger partial charge in [0.05, 0.1) is 0 Å². The van der Waals surface area contributed by atoms with Gasteiger partial charge in [-0.1, -0.05) is 29.8 Å². The zero-order valence-electron chi connectivity index (χ0n) is 11.6. The lowest BCUT2D eigenvalue weighted by Gasteiger charge is -2.28. The minimum Gasteiger partial charge on any atom is -0.313 e. The Balaban J connectivity index is 1.60. The van der Waals surface area contributed by atoms with E-state index in [2.05, 4.69) is 22.3 Å². The van der Waals surface area contributed by atoms with Crippen molar-refractivity contribution in [3.8, 4) is 0 Å². The van der Waals surface area contributed by atoms with Crippen LogP contribution in [0.4, 0.5) is 0 Å². The molecule has 1 aromatic carbocycles. The molecule has 1 N–H and O–H groups in total. The van der Waals surface area contributed by atoms with E-state index in [0.717, 1.165) is 23.4 Å². The second-order valence-corrected chi connectivity index (χ2v) is 6.39. The first-order valence-corrected chi connectivity index (χ1v) is 7.81. The van der Waals surface area contributed by atoms with E-state index in [9.17, 15) is 0 Å². The maximum atomic E-state index is 6.30. The number of fused-ring (bicyclic) bond motifs is 2. The van der Waals surface area contributed by atoms with Crippen LogP contribution in [0.2, 0.25) is 5.02 Å². The Kier molecular flexibility index (Phi) is 4.11. The number of likely N-dealkylation sites (tertiary alicyclic amines) is 1. The van der Waals surface area contributed by atoms with Crippen LogP contribution >= 0.6 is 11.6 Å². The van der Waals surface area contributed by atoms with Crippen molar-refractivity contribution in [2.24, 2.45) is 5.92 Å². The Morgan fingerprint density at radius 3 is 2.84 bits per heavy atom. The third kappa shape index (κ3) is 2.81. The average Bonchev–Trinajstić information content (AvgIpc) is 3.03. The summed E-state index contributed by atoms with van der Waals surface area (Å²) in [6, 6.07) is 9.43. The summed E-state index contributed by atoms with van der Waals surface area (Å²) in [6.45, 7) is 2.52. The van der Waals surface area contributed by atoms with Gasteiger partial charge in [0, 0.05) is 30.2 Å². The molecule has 0 spiro atoms. The van der Waals surface area contributed by atoms with Crippen LogP contribution in [0.3, 0.4) is 0 Å². The van der Waals surface area contributed by atoms with E-state index in [1.54, 1.807) is 0 Å². The van der Waals surface area contributed by atoms with Gasteiger partial charge in [-0.25, -0.2) is 0 Å². The van der Waals surface area contributed by atoms with Crippen LogP contribution in [0.25, 0.3) is 0 Å². The maximum Gasteiger partial charge on any atom is 0.0453 e. The largest absolute Gasteiger partial charge is 0.313 e. The lowest BCUT2D eigenvalue weighted by molar-refractivity contribution is 0.203. The summed E-state index contributed by atoms with van der Waals surface area (Å²) >= 11 is 6.30. The van der Waals surface area contributed by atoms with Crippen molar-refractivity contribution >= 4 is 11.6 Å². The van der Waals surface area contributed by atoms with Crippen molar-refractivity contribution in [2.45, 2.75) is 37.8 Å². The molecule has 1 heterocycles. The summed E-state index contributed by atoms with van der Waals surface area (Å²) in [5, 5.41) is 4.30. The normalized spacial score (nSPS) is 27.9. The fourth-order valence-electron chi connectivity index (χ4n) is 3.81. The monoisotopic (exact) mass is 278 g/mol. The molecular formula is C16H23ClN2. The molecule has 0 aromatic heterocycles. The number of rotatable bonds is 5. The molecule has 3 unspecified atom stereocenters. The van der Waals surface area contributed by atoms with Crippen molar-refractivity contribution in [3.63, 3.8) is 0 Å². The number of nitrogens with one attached hydrogen (secondary N) is 1. The molecule has 2 fully saturated rings. The highest BCUT2D eigenvalue weighted by atomic mass is 35.5. The van der Waals surface area contributed by atoms with E-state index >= 15 is 0 Å². The molecule has 2 aliphatic rings. The van der Waals surface area contributed by atoms with Crippen LogP contribution in [0.5, 0.6) is 0 Å². The highest BCUT2D eigenvalue weighted by Gasteiger charge is 2.37. The molecule has 3 rings (SSSR count). The van der Waals surface area contributed by atoms with Crippen LogP contribution in [-0.2, 0) is 0 Å². The number of hydrogen-bond acceptors (Lipinski definition) is 2. The maximum absolute atomic E-state index is 6.30. The van der Waals surface area contributed by atoms with Crippen molar-refractivity contribution in [1.29, 1.82) is 0 Å². The topological polar surface area (TPSA) is 15.3 Å². The van der Waals surface area contributed by atoms with Gasteiger partial charge in [-0.05, 0) is 50.3 Å². The number of nitrogens with zero attached hydrogens (tertiary/aromatic N) is 1. The zero-order chi connectivity index (χ0) is 13.2. The lowest BCUT2D eigenvalue weighted by Crippen LogP contribution is -2.34. The molecule has 3 atom stereocenters. The predicted octanol–water partition coefficient (Wildman–Crippen LogP) is 3.47. The van der Waals surface area contributed by atoms with Crippen LogP contribution in [0, 0.1) is 5.92 Å². The number of halogens is 1. The molecule has 0 radical (unpaired) electrons. The smallest absolute Gasteiger partial charge is 0.0453 e.